The van der Waals surface area contributed by atoms with E-state index in [1.807, 2.05) is 0 Å². The van der Waals surface area contributed by atoms with Gasteiger partial charge in [0.15, 0.2) is 0 Å². The molecule has 12 heteroatoms. The molecule has 0 radical (unpaired) electrons. The molecule has 3 aromatic rings. The number of benzene rings is 2. The summed E-state index contributed by atoms with van der Waals surface area (Å²) in [6.45, 7) is 3.21. The largest absolute Gasteiger partial charge is 0.448 e. The van der Waals surface area contributed by atoms with Gasteiger partial charge >= 0.3 is 6.09 Å². The summed E-state index contributed by atoms with van der Waals surface area (Å²) in [6, 6.07) is 9.85. The lowest BCUT2D eigenvalue weighted by Crippen LogP contribution is -2.49. The Balaban J connectivity index is 1.48. The van der Waals surface area contributed by atoms with E-state index in [-0.39, 0.29) is 30.9 Å². The predicted molar refractivity (Wildman–Crippen MR) is 150 cm³/mol. The van der Waals surface area contributed by atoms with Crippen LogP contribution in [0, 0.1) is 17.5 Å². The highest BCUT2D eigenvalue weighted by atomic mass is 19.1. The van der Waals surface area contributed by atoms with Crippen molar-refractivity contribution in [1.29, 1.82) is 0 Å². The molecule has 1 aliphatic heterocycles. The summed E-state index contributed by atoms with van der Waals surface area (Å²) >= 11 is 0. The molecular formula is C30H34F3N5O4. The molecule has 1 fully saturated rings. The van der Waals surface area contributed by atoms with Gasteiger partial charge in [0, 0.05) is 24.6 Å². The van der Waals surface area contributed by atoms with Gasteiger partial charge < -0.3 is 31.2 Å². The van der Waals surface area contributed by atoms with Crippen molar-refractivity contribution in [3.05, 3.63) is 95.1 Å². The molecule has 42 heavy (non-hydrogen) atoms. The first-order valence-electron chi connectivity index (χ1n) is 13.7. The Kier molecular flexibility index (Phi) is 10.7. The van der Waals surface area contributed by atoms with E-state index in [1.54, 1.807) is 6.92 Å². The van der Waals surface area contributed by atoms with Crippen molar-refractivity contribution in [1.82, 2.24) is 15.6 Å². The molecule has 1 aromatic heterocycles. The zero-order chi connectivity index (χ0) is 30.1. The molecule has 2 aromatic carbocycles. The fourth-order valence-corrected chi connectivity index (χ4v) is 4.88. The molecule has 3 atom stereocenters. The molecule has 224 valence electrons. The fourth-order valence-electron chi connectivity index (χ4n) is 4.88. The second-order valence-corrected chi connectivity index (χ2v) is 9.98. The number of anilines is 1. The van der Waals surface area contributed by atoms with Crippen LogP contribution >= 0.6 is 0 Å². The molecule has 0 aliphatic carbocycles. The van der Waals surface area contributed by atoms with Crippen LogP contribution in [-0.2, 0) is 20.7 Å². The Morgan fingerprint density at radius 2 is 1.71 bits per heavy atom. The van der Waals surface area contributed by atoms with Gasteiger partial charge in [-0.3, -0.25) is 9.78 Å². The quantitative estimate of drug-likeness (QED) is 0.256. The molecule has 0 bridgehead atoms. The number of halogens is 3. The number of nitrogens with one attached hydrogen (secondary N) is 3. The van der Waals surface area contributed by atoms with Crippen LogP contribution < -0.4 is 21.7 Å². The number of primary amides is 1. The van der Waals surface area contributed by atoms with Crippen LogP contribution in [0.2, 0.25) is 0 Å². The zero-order valence-electron chi connectivity index (χ0n) is 23.1. The first-order valence-corrected chi connectivity index (χ1v) is 13.7. The van der Waals surface area contributed by atoms with Gasteiger partial charge in [0.2, 0.25) is 5.91 Å². The third-order valence-corrected chi connectivity index (χ3v) is 7.03. The standard InChI is InChI=1S/C30H34F3N5O4/c1-2-36-30(40)42-17-22-16-41-23(13-37-22)11-12-24-25(33)14-35-15-26(24)38-28(29(34)39)27(18-3-7-20(31)8-4-18)19-5-9-21(32)10-6-19/h3-10,14-15,22-23,27-28,37-38H,2,11-13,16-17H2,1H3,(H2,34,39)(H,36,40)/t22?,23-,28+/m1/s1. The van der Waals surface area contributed by atoms with Gasteiger partial charge in [0.1, 0.15) is 30.1 Å². The Morgan fingerprint density at radius 3 is 2.26 bits per heavy atom. The van der Waals surface area contributed by atoms with Crippen LogP contribution in [0.15, 0.2) is 60.9 Å². The predicted octanol–water partition coefficient (Wildman–Crippen LogP) is 3.63. The smallest absolute Gasteiger partial charge is 0.407 e. The van der Waals surface area contributed by atoms with Crippen molar-refractivity contribution >= 4 is 17.7 Å². The van der Waals surface area contributed by atoms with Gasteiger partial charge in [-0.05, 0) is 55.2 Å². The summed E-state index contributed by atoms with van der Waals surface area (Å²) in [5, 5.41) is 8.90. The van der Waals surface area contributed by atoms with Crippen molar-refractivity contribution in [3.63, 3.8) is 0 Å². The van der Waals surface area contributed by atoms with E-state index in [4.69, 9.17) is 15.2 Å². The molecule has 2 amide bonds. The Labute approximate surface area is 242 Å². The number of aromatic nitrogens is 1. The minimum atomic E-state index is -1.11. The average Bonchev–Trinajstić information content (AvgIpc) is 2.98. The lowest BCUT2D eigenvalue weighted by atomic mass is 9.84. The summed E-state index contributed by atoms with van der Waals surface area (Å²) in [7, 11) is 0. The van der Waals surface area contributed by atoms with Gasteiger partial charge in [0.05, 0.1) is 36.8 Å². The number of nitrogens with zero attached hydrogens (tertiary/aromatic N) is 1. The molecule has 0 saturated carbocycles. The van der Waals surface area contributed by atoms with E-state index in [2.05, 4.69) is 20.9 Å². The summed E-state index contributed by atoms with van der Waals surface area (Å²) in [6.07, 6.45) is 2.48. The molecule has 2 heterocycles. The van der Waals surface area contributed by atoms with E-state index >= 15 is 4.39 Å². The summed E-state index contributed by atoms with van der Waals surface area (Å²) in [5.41, 5.74) is 7.51. The van der Waals surface area contributed by atoms with Gasteiger partial charge in [-0.2, -0.15) is 0 Å². The van der Waals surface area contributed by atoms with Gasteiger partial charge in [-0.25, -0.2) is 18.0 Å². The molecule has 1 unspecified atom stereocenters. The van der Waals surface area contributed by atoms with Crippen molar-refractivity contribution in [2.75, 3.05) is 31.6 Å². The molecule has 0 spiro atoms. The van der Waals surface area contributed by atoms with Gasteiger partial charge in [-0.15, -0.1) is 0 Å². The van der Waals surface area contributed by atoms with Crippen molar-refractivity contribution < 1.29 is 32.2 Å². The van der Waals surface area contributed by atoms with Crippen molar-refractivity contribution in [2.45, 2.75) is 43.9 Å². The lowest BCUT2D eigenvalue weighted by molar-refractivity contribution is -0.119. The first-order chi connectivity index (χ1) is 20.2. The Hall–Kier alpha value is -4.16. The van der Waals surface area contributed by atoms with Gasteiger partial charge in [-0.1, -0.05) is 24.3 Å². The molecule has 4 rings (SSSR count). The molecule has 5 N–H and O–H groups in total. The summed E-state index contributed by atoms with van der Waals surface area (Å²) in [4.78, 5) is 28.3. The maximum atomic E-state index is 15.1. The summed E-state index contributed by atoms with van der Waals surface area (Å²) in [5.74, 6) is -2.98. The third-order valence-electron chi connectivity index (χ3n) is 7.03. The third kappa shape index (κ3) is 8.20. The minimum absolute atomic E-state index is 0.156. The number of alkyl carbamates (subject to hydrolysis) is 1. The topological polar surface area (TPSA) is 128 Å². The normalized spacial score (nSPS) is 17.5. The Morgan fingerprint density at radius 1 is 1.07 bits per heavy atom. The van der Waals surface area contributed by atoms with Crippen LogP contribution in [0.5, 0.6) is 0 Å². The second kappa shape index (κ2) is 14.6. The molecule has 1 aliphatic rings. The SMILES string of the molecule is CCNC(=O)OCC1CO[C@H](CCc2c(F)cncc2N[C@H](C(N)=O)C(c2ccc(F)cc2)c2ccc(F)cc2)CN1. The van der Waals surface area contributed by atoms with Crippen molar-refractivity contribution in [3.8, 4) is 0 Å². The monoisotopic (exact) mass is 585 g/mol. The summed E-state index contributed by atoms with van der Waals surface area (Å²) < 4.78 is 53.6. The van der Waals surface area contributed by atoms with Crippen LogP contribution in [0.4, 0.5) is 23.7 Å². The number of pyridine rings is 1. The van der Waals surface area contributed by atoms with Crippen LogP contribution in [0.1, 0.15) is 36.0 Å². The highest BCUT2D eigenvalue weighted by Gasteiger charge is 2.31. The molecule has 1 saturated heterocycles. The minimum Gasteiger partial charge on any atom is -0.448 e. The van der Waals surface area contributed by atoms with E-state index in [0.717, 1.165) is 6.20 Å². The number of nitrogens with two attached hydrogens (primary N) is 1. The van der Waals surface area contributed by atoms with Gasteiger partial charge in [0.25, 0.3) is 0 Å². The zero-order valence-corrected chi connectivity index (χ0v) is 23.1. The van der Waals surface area contributed by atoms with Crippen LogP contribution in [0.25, 0.3) is 0 Å². The Bertz CT molecular complexity index is 1290. The van der Waals surface area contributed by atoms with E-state index in [1.165, 1.54) is 54.7 Å². The number of hydrogen-bond donors (Lipinski definition) is 4. The number of amides is 2. The maximum absolute atomic E-state index is 15.1. The highest BCUT2D eigenvalue weighted by Crippen LogP contribution is 2.32. The van der Waals surface area contributed by atoms with E-state index < -0.39 is 41.4 Å². The lowest BCUT2D eigenvalue weighted by Gasteiger charge is -2.31. The number of ether oxygens (including phenoxy) is 2. The van der Waals surface area contributed by atoms with Crippen molar-refractivity contribution in [2.24, 2.45) is 5.73 Å². The van der Waals surface area contributed by atoms with Crippen LogP contribution in [0.3, 0.4) is 0 Å². The first kappa shape index (κ1) is 30.8. The van der Waals surface area contributed by atoms with E-state index in [9.17, 15) is 18.4 Å². The maximum Gasteiger partial charge on any atom is 0.407 e. The molecular weight excluding hydrogens is 551 g/mol. The number of rotatable bonds is 12. The van der Waals surface area contributed by atoms with Crippen LogP contribution in [-0.4, -0.2) is 61.5 Å². The fraction of sp³-hybridized carbons (Fsp3) is 0.367. The number of carbonyl (C=O) groups excluding carboxylic acids is 2. The van der Waals surface area contributed by atoms with E-state index in [0.29, 0.717) is 42.8 Å². The number of hydrogen-bond acceptors (Lipinski definition) is 7. The molecule has 9 nitrogen and oxygen atoms in total. The number of carbonyl (C=O) groups is 2. The number of morpholine rings is 1. The highest BCUT2D eigenvalue weighted by molar-refractivity contribution is 5.85. The second-order valence-electron chi connectivity index (χ2n) is 9.98. The average molecular weight is 586 g/mol.